The van der Waals surface area contributed by atoms with Gasteiger partial charge in [-0.15, -0.1) is 0 Å². The molecule has 1 amide bonds. The molecule has 74 valence electrons. The van der Waals surface area contributed by atoms with Crippen molar-refractivity contribution in [2.75, 3.05) is 13.1 Å². The first-order valence-electron chi connectivity index (χ1n) is 5.33. The lowest BCUT2D eigenvalue weighted by Crippen LogP contribution is -2.49. The van der Waals surface area contributed by atoms with Gasteiger partial charge in [0.1, 0.15) is 0 Å². The smallest absolute Gasteiger partial charge is 0.239 e. The summed E-state index contributed by atoms with van der Waals surface area (Å²) in [5, 5.41) is 3.24. The molecule has 0 aromatic rings. The van der Waals surface area contributed by atoms with Gasteiger partial charge in [-0.1, -0.05) is 0 Å². The van der Waals surface area contributed by atoms with Crippen LogP contribution >= 0.6 is 0 Å². The molecule has 2 rings (SSSR count). The van der Waals surface area contributed by atoms with E-state index < -0.39 is 0 Å². The molecule has 1 aliphatic carbocycles. The van der Waals surface area contributed by atoms with Gasteiger partial charge in [-0.05, 0) is 39.2 Å². The van der Waals surface area contributed by atoms with E-state index in [1.165, 1.54) is 19.3 Å². The summed E-state index contributed by atoms with van der Waals surface area (Å²) >= 11 is 0. The van der Waals surface area contributed by atoms with Crippen molar-refractivity contribution in [1.29, 1.82) is 0 Å². The largest absolute Gasteiger partial charge is 0.338 e. The third-order valence-corrected chi connectivity index (χ3v) is 3.20. The molecule has 0 bridgehead atoms. The molecule has 3 heteroatoms. The summed E-state index contributed by atoms with van der Waals surface area (Å²) in [6, 6.07) is 0.595. The molecule has 1 N–H and O–H groups in total. The van der Waals surface area contributed by atoms with Crippen molar-refractivity contribution < 1.29 is 4.79 Å². The maximum Gasteiger partial charge on any atom is 0.239 e. The van der Waals surface area contributed by atoms with Crippen LogP contribution in [0.5, 0.6) is 0 Å². The zero-order valence-electron chi connectivity index (χ0n) is 8.25. The predicted molar refractivity (Wildman–Crippen MR) is 51.4 cm³/mol. The molecule has 13 heavy (non-hydrogen) atoms. The summed E-state index contributed by atoms with van der Waals surface area (Å²) in [4.78, 5) is 13.9. The van der Waals surface area contributed by atoms with Crippen molar-refractivity contribution in [3.05, 3.63) is 0 Å². The summed E-state index contributed by atoms with van der Waals surface area (Å²) in [5.74, 6) is 0.308. The Labute approximate surface area is 79.5 Å². The summed E-state index contributed by atoms with van der Waals surface area (Å²) in [7, 11) is 0. The zero-order valence-corrected chi connectivity index (χ0v) is 8.25. The number of nitrogens with one attached hydrogen (secondary N) is 1. The fourth-order valence-electron chi connectivity index (χ4n) is 2.08. The summed E-state index contributed by atoms with van der Waals surface area (Å²) < 4.78 is 0. The van der Waals surface area contributed by atoms with E-state index in [1.54, 1.807) is 0 Å². The lowest BCUT2D eigenvalue weighted by Gasteiger charge is -2.37. The van der Waals surface area contributed by atoms with Crippen LogP contribution in [0, 0.1) is 0 Å². The highest BCUT2D eigenvalue weighted by Gasteiger charge is 2.31. The third kappa shape index (κ3) is 1.70. The second-order valence-electron chi connectivity index (χ2n) is 4.15. The van der Waals surface area contributed by atoms with Crippen LogP contribution in [0.2, 0.25) is 0 Å². The Bertz CT molecular complexity index is 201. The van der Waals surface area contributed by atoms with E-state index in [0.29, 0.717) is 11.9 Å². The molecule has 1 heterocycles. The highest BCUT2D eigenvalue weighted by Crippen LogP contribution is 2.25. The van der Waals surface area contributed by atoms with Crippen molar-refractivity contribution in [2.24, 2.45) is 0 Å². The van der Waals surface area contributed by atoms with Gasteiger partial charge in [0.05, 0.1) is 6.04 Å². The second kappa shape index (κ2) is 3.66. The van der Waals surface area contributed by atoms with Crippen LogP contribution in [0.3, 0.4) is 0 Å². The van der Waals surface area contributed by atoms with E-state index in [-0.39, 0.29) is 6.04 Å². The Balaban J connectivity index is 2.01. The van der Waals surface area contributed by atoms with E-state index in [2.05, 4.69) is 10.2 Å². The normalized spacial score (nSPS) is 31.3. The monoisotopic (exact) mass is 182 g/mol. The van der Waals surface area contributed by atoms with Gasteiger partial charge in [0.25, 0.3) is 0 Å². The topological polar surface area (TPSA) is 32.3 Å². The predicted octanol–water partition coefficient (Wildman–Crippen LogP) is 0.749. The van der Waals surface area contributed by atoms with E-state index >= 15 is 0 Å². The van der Waals surface area contributed by atoms with E-state index in [4.69, 9.17) is 0 Å². The van der Waals surface area contributed by atoms with Gasteiger partial charge in [-0.3, -0.25) is 4.79 Å². The number of amides is 1. The summed E-state index contributed by atoms with van der Waals surface area (Å²) in [5.41, 5.74) is 0. The molecule has 1 unspecified atom stereocenters. The van der Waals surface area contributed by atoms with Crippen molar-refractivity contribution in [2.45, 2.75) is 44.7 Å². The van der Waals surface area contributed by atoms with E-state index in [0.717, 1.165) is 19.5 Å². The Kier molecular flexibility index (Phi) is 2.54. The lowest BCUT2D eigenvalue weighted by atomic mass is 9.91. The number of hydrogen-bond donors (Lipinski definition) is 1. The first kappa shape index (κ1) is 9.00. The minimum atomic E-state index is 0.0306. The van der Waals surface area contributed by atoms with Gasteiger partial charge in [0.15, 0.2) is 0 Å². The molecule has 2 fully saturated rings. The first-order chi connectivity index (χ1) is 6.29. The molecular weight excluding hydrogens is 164 g/mol. The van der Waals surface area contributed by atoms with Crippen LogP contribution in [0.1, 0.15) is 32.6 Å². The Morgan fingerprint density at radius 3 is 2.77 bits per heavy atom. The Morgan fingerprint density at radius 2 is 2.15 bits per heavy atom. The number of rotatable bonds is 1. The maximum absolute atomic E-state index is 11.8. The second-order valence-corrected chi connectivity index (χ2v) is 4.15. The lowest BCUT2D eigenvalue weighted by molar-refractivity contribution is -0.136. The minimum absolute atomic E-state index is 0.0306. The van der Waals surface area contributed by atoms with E-state index in [9.17, 15) is 4.79 Å². The molecule has 0 spiro atoms. The van der Waals surface area contributed by atoms with Gasteiger partial charge in [-0.25, -0.2) is 0 Å². The van der Waals surface area contributed by atoms with Crippen molar-refractivity contribution >= 4 is 5.91 Å². The third-order valence-electron chi connectivity index (χ3n) is 3.20. The van der Waals surface area contributed by atoms with Crippen LogP contribution in [0.25, 0.3) is 0 Å². The highest BCUT2D eigenvalue weighted by atomic mass is 16.2. The molecule has 1 aliphatic heterocycles. The Hall–Kier alpha value is -0.570. The highest BCUT2D eigenvalue weighted by molar-refractivity contribution is 5.82. The maximum atomic E-state index is 11.8. The number of hydrogen-bond acceptors (Lipinski definition) is 2. The summed E-state index contributed by atoms with van der Waals surface area (Å²) in [6.45, 7) is 3.91. The fraction of sp³-hybridized carbons (Fsp3) is 0.900. The average molecular weight is 182 g/mol. The SMILES string of the molecule is CC1NCCCN(C2CCC2)C1=O. The van der Waals surface area contributed by atoms with Gasteiger partial charge < -0.3 is 10.2 Å². The minimum Gasteiger partial charge on any atom is -0.338 e. The van der Waals surface area contributed by atoms with Gasteiger partial charge in [0, 0.05) is 12.6 Å². The number of nitrogens with zero attached hydrogens (tertiary/aromatic N) is 1. The molecule has 3 nitrogen and oxygen atoms in total. The molecule has 2 aliphatic rings. The molecule has 1 saturated heterocycles. The van der Waals surface area contributed by atoms with Crippen molar-refractivity contribution in [1.82, 2.24) is 10.2 Å². The molecule has 0 radical (unpaired) electrons. The first-order valence-corrected chi connectivity index (χ1v) is 5.33. The average Bonchev–Trinajstić information content (AvgIpc) is 2.17. The molecule has 1 saturated carbocycles. The van der Waals surface area contributed by atoms with Crippen LogP contribution in [-0.2, 0) is 4.79 Å². The quantitative estimate of drug-likeness (QED) is 0.649. The van der Waals surface area contributed by atoms with Gasteiger partial charge in [-0.2, -0.15) is 0 Å². The standard InChI is InChI=1S/C10H18N2O/c1-8-10(13)12(7-3-6-11-8)9-4-2-5-9/h8-9,11H,2-7H2,1H3. The van der Waals surface area contributed by atoms with Crippen molar-refractivity contribution in [3.8, 4) is 0 Å². The zero-order chi connectivity index (χ0) is 9.26. The van der Waals surface area contributed by atoms with Gasteiger partial charge >= 0.3 is 0 Å². The van der Waals surface area contributed by atoms with Crippen LogP contribution < -0.4 is 5.32 Å². The number of carbonyl (C=O) groups excluding carboxylic acids is 1. The van der Waals surface area contributed by atoms with Crippen LogP contribution in [-0.4, -0.2) is 36.0 Å². The van der Waals surface area contributed by atoms with Crippen LogP contribution in [0.4, 0.5) is 0 Å². The van der Waals surface area contributed by atoms with Crippen LogP contribution in [0.15, 0.2) is 0 Å². The molecule has 0 aromatic carbocycles. The van der Waals surface area contributed by atoms with E-state index in [1.807, 2.05) is 6.92 Å². The Morgan fingerprint density at radius 1 is 1.38 bits per heavy atom. The fourth-order valence-corrected chi connectivity index (χ4v) is 2.08. The number of carbonyl (C=O) groups is 1. The van der Waals surface area contributed by atoms with Gasteiger partial charge in [0.2, 0.25) is 5.91 Å². The molecular formula is C10H18N2O. The molecule has 0 aromatic heterocycles. The molecule has 1 atom stereocenters. The summed E-state index contributed by atoms with van der Waals surface area (Å²) in [6.07, 6.45) is 4.85. The van der Waals surface area contributed by atoms with Crippen molar-refractivity contribution in [3.63, 3.8) is 0 Å².